The molecule has 5 aliphatic carbocycles. The monoisotopic (exact) mass is 971 g/mol. The van der Waals surface area contributed by atoms with E-state index < -0.39 is 110 Å². The van der Waals surface area contributed by atoms with Gasteiger partial charge in [-0.2, -0.15) is 0 Å². The van der Waals surface area contributed by atoms with Crippen LogP contribution in [0.15, 0.2) is 11.6 Å². The number of carbonyl (C=O) groups is 1. The average molecular weight is 971 g/mol. The minimum atomic E-state index is -1.78. The molecule has 7 fully saturated rings. The lowest BCUT2D eigenvalue weighted by molar-refractivity contribution is -0.379. The molecule has 0 aromatic carbocycles. The van der Waals surface area contributed by atoms with Gasteiger partial charge < -0.3 is 83.9 Å². The molecule has 9 N–H and O–H groups in total. The van der Waals surface area contributed by atoms with E-state index >= 15 is 0 Å². The van der Waals surface area contributed by atoms with Gasteiger partial charge in [-0.25, -0.2) is 0 Å². The van der Waals surface area contributed by atoms with Crippen LogP contribution in [0.25, 0.3) is 0 Å². The van der Waals surface area contributed by atoms with E-state index in [0.29, 0.717) is 12.8 Å². The third kappa shape index (κ3) is 8.28. The number of ether oxygens (including phenoxy) is 8. The zero-order valence-electron chi connectivity index (χ0n) is 41.6. The molecule has 68 heavy (non-hydrogen) atoms. The Morgan fingerprint density at radius 3 is 2.06 bits per heavy atom. The van der Waals surface area contributed by atoms with Crippen LogP contribution in [-0.4, -0.2) is 183 Å². The molecular weight excluding hydrogens is 889 g/mol. The summed E-state index contributed by atoms with van der Waals surface area (Å²) in [5.74, 6) is -0.0858. The number of carbonyl (C=O) groups excluding carboxylic acids is 1. The first kappa shape index (κ1) is 52.9. The first-order chi connectivity index (χ1) is 31.8. The average Bonchev–Trinajstić information content (AvgIpc) is 3.28. The Morgan fingerprint density at radius 2 is 1.41 bits per heavy atom. The van der Waals surface area contributed by atoms with Gasteiger partial charge in [0.25, 0.3) is 0 Å². The second kappa shape index (κ2) is 18.8. The van der Waals surface area contributed by atoms with E-state index in [4.69, 9.17) is 37.9 Å². The summed E-state index contributed by atoms with van der Waals surface area (Å²) in [6.07, 6.45) is -13.5. The summed E-state index contributed by atoms with van der Waals surface area (Å²) in [4.78, 5) is 12.8. The lowest BCUT2D eigenvalue weighted by atomic mass is 9.33. The number of aliphatic hydroxyl groups excluding tert-OH is 9. The zero-order chi connectivity index (χ0) is 49.8. The van der Waals surface area contributed by atoms with E-state index in [0.717, 1.165) is 38.5 Å². The van der Waals surface area contributed by atoms with Crippen molar-refractivity contribution in [2.75, 3.05) is 26.9 Å². The smallest absolute Gasteiger partial charge is 0.303 e. The number of hydrogen-bond acceptors (Lipinski definition) is 18. The maximum atomic E-state index is 12.8. The molecule has 390 valence electrons. The van der Waals surface area contributed by atoms with Gasteiger partial charge in [-0.1, -0.05) is 60.1 Å². The minimum Gasteiger partial charge on any atom is -0.458 e. The third-order valence-corrected chi connectivity index (χ3v) is 19.5. The highest BCUT2D eigenvalue weighted by Crippen LogP contribution is 2.76. The normalized spacial score (nSPS) is 54.6. The van der Waals surface area contributed by atoms with Crippen LogP contribution in [0.4, 0.5) is 0 Å². The van der Waals surface area contributed by atoms with Crippen LogP contribution in [0.3, 0.4) is 0 Å². The summed E-state index contributed by atoms with van der Waals surface area (Å²) in [7, 11) is 1.78. The van der Waals surface area contributed by atoms with E-state index in [-0.39, 0.29) is 70.6 Å². The van der Waals surface area contributed by atoms with Crippen molar-refractivity contribution in [2.45, 2.75) is 218 Å². The molecule has 0 aromatic rings. The molecule has 25 atom stereocenters. The van der Waals surface area contributed by atoms with Gasteiger partial charge in [-0.3, -0.25) is 4.79 Å². The Labute approximate surface area is 400 Å². The molecule has 3 heterocycles. The molecule has 18 nitrogen and oxygen atoms in total. The number of methoxy groups -OCH3 is 1. The van der Waals surface area contributed by atoms with Gasteiger partial charge in [0.2, 0.25) is 0 Å². The molecule has 0 amide bonds. The first-order valence-corrected chi connectivity index (χ1v) is 25.1. The highest BCUT2D eigenvalue weighted by molar-refractivity contribution is 5.67. The fourth-order valence-corrected chi connectivity index (χ4v) is 15.7. The van der Waals surface area contributed by atoms with Crippen molar-refractivity contribution in [3.63, 3.8) is 0 Å². The second-order valence-corrected chi connectivity index (χ2v) is 23.9. The Kier molecular flexibility index (Phi) is 14.6. The van der Waals surface area contributed by atoms with Crippen molar-refractivity contribution in [3.05, 3.63) is 11.6 Å². The van der Waals surface area contributed by atoms with E-state index in [1.165, 1.54) is 19.4 Å². The van der Waals surface area contributed by atoms with Crippen molar-refractivity contribution in [1.29, 1.82) is 0 Å². The van der Waals surface area contributed by atoms with E-state index in [1.807, 2.05) is 6.92 Å². The van der Waals surface area contributed by atoms with Crippen molar-refractivity contribution in [2.24, 2.45) is 50.7 Å². The van der Waals surface area contributed by atoms with Gasteiger partial charge in [0.1, 0.15) is 66.6 Å². The third-order valence-electron chi connectivity index (χ3n) is 19.5. The number of fused-ring (bicyclic) bond motifs is 7. The van der Waals surface area contributed by atoms with Gasteiger partial charge >= 0.3 is 5.97 Å². The van der Waals surface area contributed by atoms with Gasteiger partial charge in [-0.15, -0.1) is 0 Å². The predicted octanol–water partition coefficient (Wildman–Crippen LogP) is 1.45. The second-order valence-electron chi connectivity index (χ2n) is 23.9. The van der Waals surface area contributed by atoms with Crippen LogP contribution in [0.5, 0.6) is 0 Å². The van der Waals surface area contributed by atoms with Crippen LogP contribution in [0.2, 0.25) is 0 Å². The van der Waals surface area contributed by atoms with Gasteiger partial charge in [-0.05, 0) is 91.8 Å². The Bertz CT molecular complexity index is 1850. The van der Waals surface area contributed by atoms with Gasteiger partial charge in [0.15, 0.2) is 18.9 Å². The standard InChI is InChI=1S/C50H82O18/c1-23-18-49(9)26(27-19-45(4,5)15-16-50(23,27)68-25(3)53)17-29(61-10)41-46(6)13-12-32(47(7,22-52)31(46)11-14-48(41,49)8)65-43-37(59)35(57)39(30(20-51)64-43)66-44-38(60)40(33(55)24(2)63-44)67-42-36(58)34(56)28(54)21-62-42/h17,23-24,27-44,51-52,54-60H,11-16,18-22H2,1-10H3. The molecule has 0 radical (unpaired) electrons. The molecule has 25 unspecified atom stereocenters. The lowest BCUT2D eigenvalue weighted by Crippen LogP contribution is -2.70. The van der Waals surface area contributed by atoms with Crippen LogP contribution >= 0.6 is 0 Å². The maximum Gasteiger partial charge on any atom is 0.303 e. The molecule has 4 saturated carbocycles. The van der Waals surface area contributed by atoms with Crippen LogP contribution < -0.4 is 0 Å². The predicted molar refractivity (Wildman–Crippen MR) is 240 cm³/mol. The largest absolute Gasteiger partial charge is 0.458 e. The topological polar surface area (TPSA) is 273 Å². The SMILES string of the molecule is COC1C=C2C3CC(C)(C)CCC3(OC(C)=O)C(C)CC2(C)C2(C)CCC3C(C)(CO)C(OC4OC(CO)C(OC5OC(C)C(O)C(OC6OCC(O)C(O)C6O)C5O)C(O)C4O)CCC3(C)C12. The number of aliphatic hydroxyl groups is 9. The molecule has 0 bridgehead atoms. The molecular formula is C50H82O18. The molecule has 0 spiro atoms. The van der Waals surface area contributed by atoms with Crippen molar-refractivity contribution in [1.82, 2.24) is 0 Å². The molecule has 8 aliphatic rings. The summed E-state index contributed by atoms with van der Waals surface area (Å²) in [6.45, 7) is 17.8. The van der Waals surface area contributed by atoms with Crippen LogP contribution in [-0.2, 0) is 42.7 Å². The fourth-order valence-electron chi connectivity index (χ4n) is 15.7. The van der Waals surface area contributed by atoms with Crippen molar-refractivity contribution >= 4 is 5.97 Å². The van der Waals surface area contributed by atoms with Crippen LogP contribution in [0.1, 0.15) is 114 Å². The fraction of sp³-hybridized carbons (Fsp3) is 0.940. The molecule has 0 aromatic heterocycles. The first-order valence-electron chi connectivity index (χ1n) is 25.1. The summed E-state index contributed by atoms with van der Waals surface area (Å²) in [5, 5.41) is 98.3. The quantitative estimate of drug-likeness (QED) is 0.0852. The summed E-state index contributed by atoms with van der Waals surface area (Å²) in [5.41, 5.74) is -0.814. The maximum absolute atomic E-state index is 12.8. The van der Waals surface area contributed by atoms with Crippen LogP contribution in [0, 0.1) is 50.7 Å². The highest BCUT2D eigenvalue weighted by Gasteiger charge is 2.73. The summed E-state index contributed by atoms with van der Waals surface area (Å²) in [6, 6.07) is 0. The van der Waals surface area contributed by atoms with Crippen molar-refractivity contribution in [3.8, 4) is 0 Å². The highest BCUT2D eigenvalue weighted by atomic mass is 16.8. The van der Waals surface area contributed by atoms with Gasteiger partial charge in [0.05, 0.1) is 38.1 Å². The summed E-state index contributed by atoms with van der Waals surface area (Å²) >= 11 is 0. The van der Waals surface area contributed by atoms with Gasteiger partial charge in [0, 0.05) is 31.3 Å². The Morgan fingerprint density at radius 1 is 0.750 bits per heavy atom. The number of rotatable bonds is 10. The van der Waals surface area contributed by atoms with E-state index in [9.17, 15) is 50.8 Å². The van der Waals surface area contributed by atoms with E-state index in [2.05, 4.69) is 47.6 Å². The summed E-state index contributed by atoms with van der Waals surface area (Å²) < 4.78 is 48.7. The van der Waals surface area contributed by atoms with Crippen molar-refractivity contribution < 1.29 is 88.6 Å². The molecule has 8 rings (SSSR count). The molecule has 18 heteroatoms. The molecule has 3 aliphatic heterocycles. The molecule has 3 saturated heterocycles. The lowest BCUT2D eigenvalue weighted by Gasteiger charge is -2.73. The minimum absolute atomic E-state index is 0.0466. The Balaban J connectivity index is 1.01. The number of esters is 1. The Hall–Kier alpha value is -1.43. The zero-order valence-corrected chi connectivity index (χ0v) is 41.6. The van der Waals surface area contributed by atoms with E-state index in [1.54, 1.807) is 7.11 Å². The number of hydrogen-bond donors (Lipinski definition) is 9.